The second-order valence-electron chi connectivity index (χ2n) is 2.76. The summed E-state index contributed by atoms with van der Waals surface area (Å²) in [5.74, 6) is 1.13. The molecule has 1 aromatic rings. The minimum absolute atomic E-state index is 0.718. The Balaban J connectivity index is 2.08. The number of nitrogens with zero attached hydrogens (tertiary/aromatic N) is 2. The summed E-state index contributed by atoms with van der Waals surface area (Å²) < 4.78 is 1.86. The van der Waals surface area contributed by atoms with Gasteiger partial charge in [-0.3, -0.25) is 4.68 Å². The predicted molar refractivity (Wildman–Crippen MR) is 39.9 cm³/mol. The van der Waals surface area contributed by atoms with Crippen LogP contribution in [0.5, 0.6) is 0 Å². The number of aromatic nitrogens is 2. The Kier molecular flexibility index (Phi) is 1.16. The molecule has 1 fully saturated rings. The maximum Gasteiger partial charge on any atom is 0.124 e. The Hall–Kier alpha value is -0.990. The molecule has 1 N–H and O–H groups in total. The van der Waals surface area contributed by atoms with Crippen molar-refractivity contribution in [2.45, 2.75) is 18.9 Å². The number of hydrogen-bond donors (Lipinski definition) is 1. The molecule has 0 bridgehead atoms. The van der Waals surface area contributed by atoms with Gasteiger partial charge in [-0.25, -0.2) is 0 Å². The lowest BCUT2D eigenvalue weighted by molar-refractivity contribution is 0.768. The lowest BCUT2D eigenvalue weighted by Gasteiger charge is -2.02. The molecule has 0 radical (unpaired) electrons. The number of nitrogens with one attached hydrogen (secondary N) is 1. The van der Waals surface area contributed by atoms with Gasteiger partial charge in [0.05, 0.1) is 6.20 Å². The number of rotatable bonds is 2. The van der Waals surface area contributed by atoms with E-state index in [-0.39, 0.29) is 0 Å². The van der Waals surface area contributed by atoms with E-state index in [0.29, 0.717) is 0 Å². The molecule has 1 aliphatic carbocycles. The molecule has 3 heteroatoms. The highest BCUT2D eigenvalue weighted by atomic mass is 15.3. The highest BCUT2D eigenvalue weighted by Gasteiger charge is 2.21. The molecule has 0 amide bonds. The zero-order valence-electron chi connectivity index (χ0n) is 6.04. The molecule has 0 unspecified atom stereocenters. The predicted octanol–water partition coefficient (Wildman–Crippen LogP) is 0.994. The normalized spacial score (nSPS) is 17.3. The number of aryl methyl sites for hydroxylation is 1. The van der Waals surface area contributed by atoms with E-state index in [0.717, 1.165) is 11.9 Å². The monoisotopic (exact) mass is 137 g/mol. The summed E-state index contributed by atoms with van der Waals surface area (Å²) >= 11 is 0. The quantitative estimate of drug-likeness (QED) is 0.659. The van der Waals surface area contributed by atoms with Gasteiger partial charge in [-0.2, -0.15) is 5.10 Å². The molecule has 0 spiro atoms. The Morgan fingerprint density at radius 2 is 2.50 bits per heavy atom. The van der Waals surface area contributed by atoms with Crippen molar-refractivity contribution in [2.75, 3.05) is 5.32 Å². The molecule has 0 aromatic carbocycles. The average molecular weight is 137 g/mol. The highest BCUT2D eigenvalue weighted by Crippen LogP contribution is 2.23. The van der Waals surface area contributed by atoms with E-state index in [1.807, 2.05) is 24.0 Å². The van der Waals surface area contributed by atoms with Crippen molar-refractivity contribution in [1.29, 1.82) is 0 Å². The maximum atomic E-state index is 4.05. The van der Waals surface area contributed by atoms with Crippen molar-refractivity contribution >= 4 is 5.82 Å². The molecule has 2 rings (SSSR count). The van der Waals surface area contributed by atoms with E-state index < -0.39 is 0 Å². The van der Waals surface area contributed by atoms with E-state index in [1.54, 1.807) is 0 Å². The van der Waals surface area contributed by atoms with Gasteiger partial charge in [0.2, 0.25) is 0 Å². The minimum Gasteiger partial charge on any atom is -0.368 e. The summed E-state index contributed by atoms with van der Waals surface area (Å²) in [4.78, 5) is 0. The Morgan fingerprint density at radius 3 is 3.00 bits per heavy atom. The molecular weight excluding hydrogens is 126 g/mol. The van der Waals surface area contributed by atoms with Gasteiger partial charge in [0.25, 0.3) is 0 Å². The van der Waals surface area contributed by atoms with Crippen LogP contribution in [0.1, 0.15) is 12.8 Å². The SMILES string of the molecule is Cn1nccc1NC1CC1. The van der Waals surface area contributed by atoms with Gasteiger partial charge in [0, 0.05) is 19.2 Å². The summed E-state index contributed by atoms with van der Waals surface area (Å²) in [6.45, 7) is 0. The van der Waals surface area contributed by atoms with E-state index in [1.165, 1.54) is 12.8 Å². The molecule has 0 atom stereocenters. The van der Waals surface area contributed by atoms with E-state index in [9.17, 15) is 0 Å². The molecule has 54 valence electrons. The third-order valence-electron chi connectivity index (χ3n) is 1.75. The molecule has 1 aromatic heterocycles. The summed E-state index contributed by atoms with van der Waals surface area (Å²) in [7, 11) is 1.95. The fourth-order valence-corrected chi connectivity index (χ4v) is 0.952. The lowest BCUT2D eigenvalue weighted by atomic mass is 10.6. The highest BCUT2D eigenvalue weighted by molar-refractivity contribution is 5.36. The first-order valence-electron chi connectivity index (χ1n) is 3.61. The van der Waals surface area contributed by atoms with Crippen LogP contribution in [0.25, 0.3) is 0 Å². The van der Waals surface area contributed by atoms with E-state index in [4.69, 9.17) is 0 Å². The smallest absolute Gasteiger partial charge is 0.124 e. The second-order valence-corrected chi connectivity index (χ2v) is 2.76. The molecule has 1 aliphatic rings. The van der Waals surface area contributed by atoms with Gasteiger partial charge >= 0.3 is 0 Å². The average Bonchev–Trinajstić information content (AvgIpc) is 2.62. The zero-order chi connectivity index (χ0) is 6.97. The van der Waals surface area contributed by atoms with Crippen LogP contribution in [0.3, 0.4) is 0 Å². The summed E-state index contributed by atoms with van der Waals surface area (Å²) in [5, 5.41) is 7.42. The fourth-order valence-electron chi connectivity index (χ4n) is 0.952. The lowest BCUT2D eigenvalue weighted by Crippen LogP contribution is -2.05. The molecule has 0 aliphatic heterocycles. The van der Waals surface area contributed by atoms with Gasteiger partial charge in [-0.15, -0.1) is 0 Å². The Bertz CT molecular complexity index is 225. The van der Waals surface area contributed by atoms with E-state index in [2.05, 4.69) is 10.4 Å². The van der Waals surface area contributed by atoms with Crippen LogP contribution in [0.2, 0.25) is 0 Å². The van der Waals surface area contributed by atoms with Crippen LogP contribution < -0.4 is 5.32 Å². The van der Waals surface area contributed by atoms with Crippen molar-refractivity contribution < 1.29 is 0 Å². The third kappa shape index (κ3) is 0.988. The van der Waals surface area contributed by atoms with Crippen LogP contribution in [0, 0.1) is 0 Å². The second kappa shape index (κ2) is 2.01. The molecule has 1 heterocycles. The fraction of sp³-hybridized carbons (Fsp3) is 0.571. The van der Waals surface area contributed by atoms with Gasteiger partial charge in [-0.05, 0) is 12.8 Å². The summed E-state index contributed by atoms with van der Waals surface area (Å²) in [5.41, 5.74) is 0. The van der Waals surface area contributed by atoms with Gasteiger partial charge in [0.1, 0.15) is 5.82 Å². The molecule has 10 heavy (non-hydrogen) atoms. The van der Waals surface area contributed by atoms with Crippen LogP contribution in [0.4, 0.5) is 5.82 Å². The van der Waals surface area contributed by atoms with Crippen molar-refractivity contribution in [3.63, 3.8) is 0 Å². The number of anilines is 1. The van der Waals surface area contributed by atoms with Crippen LogP contribution >= 0.6 is 0 Å². The van der Waals surface area contributed by atoms with Crippen molar-refractivity contribution in [3.05, 3.63) is 12.3 Å². The summed E-state index contributed by atoms with van der Waals surface area (Å²) in [6.07, 6.45) is 4.43. The van der Waals surface area contributed by atoms with Crippen LogP contribution in [0.15, 0.2) is 12.3 Å². The van der Waals surface area contributed by atoms with E-state index >= 15 is 0 Å². The minimum atomic E-state index is 0.718. The third-order valence-corrected chi connectivity index (χ3v) is 1.75. The zero-order valence-corrected chi connectivity index (χ0v) is 6.04. The molecule has 1 saturated carbocycles. The van der Waals surface area contributed by atoms with Gasteiger partial charge in [0.15, 0.2) is 0 Å². The first-order valence-corrected chi connectivity index (χ1v) is 3.61. The van der Waals surface area contributed by atoms with Crippen LogP contribution in [-0.4, -0.2) is 15.8 Å². The molecule has 0 saturated heterocycles. The first-order chi connectivity index (χ1) is 4.86. The maximum absolute atomic E-state index is 4.05. The van der Waals surface area contributed by atoms with Crippen molar-refractivity contribution in [2.24, 2.45) is 7.05 Å². The van der Waals surface area contributed by atoms with Gasteiger partial charge in [-0.1, -0.05) is 0 Å². The Labute approximate surface area is 60.0 Å². The van der Waals surface area contributed by atoms with Crippen molar-refractivity contribution in [1.82, 2.24) is 9.78 Å². The molecular formula is C7H11N3. The number of hydrogen-bond acceptors (Lipinski definition) is 2. The largest absolute Gasteiger partial charge is 0.368 e. The molecule has 3 nitrogen and oxygen atoms in total. The van der Waals surface area contributed by atoms with Crippen molar-refractivity contribution in [3.8, 4) is 0 Å². The van der Waals surface area contributed by atoms with Crippen LogP contribution in [-0.2, 0) is 7.05 Å². The Morgan fingerprint density at radius 1 is 1.70 bits per heavy atom. The standard InChI is InChI=1S/C7H11N3/c1-10-7(4-5-8-10)9-6-2-3-6/h4-6,9H,2-3H2,1H3. The van der Waals surface area contributed by atoms with Gasteiger partial charge < -0.3 is 5.32 Å². The summed E-state index contributed by atoms with van der Waals surface area (Å²) in [6, 6.07) is 2.72. The first kappa shape index (κ1) is 5.77. The topological polar surface area (TPSA) is 29.9 Å².